The first kappa shape index (κ1) is 10.7. The number of aromatic amines is 1. The highest BCUT2D eigenvalue weighted by molar-refractivity contribution is 7.71. The summed E-state index contributed by atoms with van der Waals surface area (Å²) in [7, 11) is 0. The highest BCUT2D eigenvalue weighted by atomic mass is 32.1. The third-order valence-electron chi connectivity index (χ3n) is 3.16. The van der Waals surface area contributed by atoms with Crippen LogP contribution in [0.2, 0.25) is 0 Å². The molecule has 1 saturated heterocycles. The molecule has 1 fully saturated rings. The minimum Gasteiger partial charge on any atom is -0.338 e. The number of nitrogens with one attached hydrogen (secondary N) is 1. The van der Waals surface area contributed by atoms with Crippen molar-refractivity contribution in [3.63, 3.8) is 0 Å². The third-order valence-corrected chi connectivity index (χ3v) is 3.47. The van der Waals surface area contributed by atoms with Crippen LogP contribution in [0.3, 0.4) is 0 Å². The van der Waals surface area contributed by atoms with Crippen molar-refractivity contribution in [1.82, 2.24) is 14.8 Å². The first-order chi connectivity index (χ1) is 7.27. The molecule has 1 atom stereocenters. The molecule has 4 nitrogen and oxygen atoms in total. The average Bonchev–Trinajstić information content (AvgIpc) is 2.82. The normalized spacial score (nSPS) is 21.2. The van der Waals surface area contributed by atoms with Gasteiger partial charge in [-0.3, -0.25) is 4.57 Å². The van der Waals surface area contributed by atoms with Crippen LogP contribution in [0.4, 0.5) is 5.95 Å². The van der Waals surface area contributed by atoms with E-state index in [1.54, 1.807) is 0 Å². The molecule has 15 heavy (non-hydrogen) atoms. The van der Waals surface area contributed by atoms with Crippen molar-refractivity contribution in [3.05, 3.63) is 4.77 Å². The summed E-state index contributed by atoms with van der Waals surface area (Å²) in [5.74, 6) is 1.02. The summed E-state index contributed by atoms with van der Waals surface area (Å²) in [6, 6.07) is 0.639. The first-order valence-electron chi connectivity index (χ1n) is 5.69. The molecule has 1 aliphatic rings. The van der Waals surface area contributed by atoms with Gasteiger partial charge >= 0.3 is 0 Å². The Kier molecular flexibility index (Phi) is 3.09. The summed E-state index contributed by atoms with van der Waals surface area (Å²) in [5.41, 5.74) is 0. The molecule has 0 aliphatic carbocycles. The van der Waals surface area contributed by atoms with E-state index in [1.165, 1.54) is 19.3 Å². The van der Waals surface area contributed by atoms with Crippen molar-refractivity contribution in [1.29, 1.82) is 0 Å². The molecule has 1 aliphatic heterocycles. The highest BCUT2D eigenvalue weighted by Crippen LogP contribution is 2.25. The smallest absolute Gasteiger partial charge is 0.225 e. The van der Waals surface area contributed by atoms with Crippen LogP contribution in [0.1, 0.15) is 33.1 Å². The Bertz CT molecular complexity index is 381. The van der Waals surface area contributed by atoms with Crippen molar-refractivity contribution in [2.24, 2.45) is 0 Å². The minimum absolute atomic E-state index is 0.639. The number of hydrogen-bond donors (Lipinski definition) is 1. The van der Waals surface area contributed by atoms with E-state index in [1.807, 2.05) is 0 Å². The molecule has 1 N–H and O–H groups in total. The molecule has 0 saturated carbocycles. The maximum absolute atomic E-state index is 5.20. The molecule has 0 amide bonds. The molecular weight excluding hydrogens is 208 g/mol. The summed E-state index contributed by atoms with van der Waals surface area (Å²) in [6.07, 6.45) is 3.73. The van der Waals surface area contributed by atoms with Crippen molar-refractivity contribution in [3.8, 4) is 0 Å². The largest absolute Gasteiger partial charge is 0.338 e. The molecule has 2 rings (SSSR count). The molecule has 84 valence electrons. The Labute approximate surface area is 95.3 Å². The quantitative estimate of drug-likeness (QED) is 0.804. The number of H-pyrrole nitrogens is 1. The monoisotopic (exact) mass is 226 g/mol. The Balaban J connectivity index is 2.32. The van der Waals surface area contributed by atoms with Crippen molar-refractivity contribution in [2.75, 3.05) is 11.4 Å². The maximum Gasteiger partial charge on any atom is 0.225 e. The van der Waals surface area contributed by atoms with Gasteiger partial charge in [0, 0.05) is 19.1 Å². The topological polar surface area (TPSA) is 36.9 Å². The van der Waals surface area contributed by atoms with E-state index in [0.29, 0.717) is 6.04 Å². The second-order valence-corrected chi connectivity index (χ2v) is 4.36. The number of nitrogens with zero attached hydrogens (tertiary/aromatic N) is 3. The average molecular weight is 226 g/mol. The minimum atomic E-state index is 0.639. The van der Waals surface area contributed by atoms with Crippen LogP contribution in [-0.2, 0) is 6.54 Å². The van der Waals surface area contributed by atoms with Gasteiger partial charge in [-0.2, -0.15) is 0 Å². The summed E-state index contributed by atoms with van der Waals surface area (Å²) >= 11 is 5.20. The molecule has 1 aromatic heterocycles. The molecule has 0 spiro atoms. The van der Waals surface area contributed by atoms with Crippen LogP contribution in [0.5, 0.6) is 0 Å². The van der Waals surface area contributed by atoms with Crippen LogP contribution >= 0.6 is 12.2 Å². The lowest BCUT2D eigenvalue weighted by Crippen LogP contribution is -2.31. The van der Waals surface area contributed by atoms with Crippen LogP contribution < -0.4 is 4.90 Å². The second-order valence-electron chi connectivity index (χ2n) is 3.97. The third kappa shape index (κ3) is 1.80. The van der Waals surface area contributed by atoms with Gasteiger partial charge in [0.2, 0.25) is 5.95 Å². The molecule has 1 aromatic rings. The van der Waals surface area contributed by atoms with Crippen LogP contribution in [0.25, 0.3) is 0 Å². The van der Waals surface area contributed by atoms with E-state index in [9.17, 15) is 0 Å². The van der Waals surface area contributed by atoms with Gasteiger partial charge in [0.05, 0.1) is 0 Å². The Morgan fingerprint density at radius 1 is 1.53 bits per heavy atom. The fraction of sp³-hybridized carbons (Fsp3) is 0.800. The predicted octanol–water partition coefficient (Wildman–Crippen LogP) is 2.34. The molecule has 0 radical (unpaired) electrons. The predicted molar refractivity (Wildman–Crippen MR) is 63.7 cm³/mol. The van der Waals surface area contributed by atoms with Crippen molar-refractivity contribution in [2.45, 2.75) is 45.7 Å². The summed E-state index contributed by atoms with van der Waals surface area (Å²) in [5, 5.41) is 7.22. The van der Waals surface area contributed by atoms with Crippen LogP contribution in [0.15, 0.2) is 0 Å². The van der Waals surface area contributed by atoms with Crippen LogP contribution in [-0.4, -0.2) is 27.4 Å². The summed E-state index contributed by atoms with van der Waals surface area (Å²) < 4.78 is 2.80. The van der Waals surface area contributed by atoms with Gasteiger partial charge in [0.1, 0.15) is 0 Å². The molecule has 1 unspecified atom stereocenters. The van der Waals surface area contributed by atoms with Crippen molar-refractivity contribution < 1.29 is 0 Å². The maximum atomic E-state index is 5.20. The first-order valence-corrected chi connectivity index (χ1v) is 6.10. The Hall–Kier alpha value is -0.840. The number of anilines is 1. The lowest BCUT2D eigenvalue weighted by atomic mass is 10.2. The van der Waals surface area contributed by atoms with Gasteiger partial charge in [-0.25, -0.2) is 5.10 Å². The lowest BCUT2D eigenvalue weighted by Gasteiger charge is -2.24. The molecule has 0 aromatic carbocycles. The summed E-state index contributed by atoms with van der Waals surface area (Å²) in [6.45, 7) is 6.34. The lowest BCUT2D eigenvalue weighted by molar-refractivity contribution is 0.614. The SMILES string of the molecule is CCC1CCCN1c1n[nH]c(=S)n1CC. The van der Waals surface area contributed by atoms with Gasteiger partial charge in [0.15, 0.2) is 4.77 Å². The Morgan fingerprint density at radius 2 is 2.33 bits per heavy atom. The summed E-state index contributed by atoms with van der Waals surface area (Å²) in [4.78, 5) is 2.38. The standard InChI is InChI=1S/C10H18N4S/c1-3-8-6-5-7-14(8)9-11-12-10(15)13(9)4-2/h8H,3-7H2,1-2H3,(H,12,15). The number of hydrogen-bond acceptors (Lipinski definition) is 3. The van der Waals surface area contributed by atoms with E-state index >= 15 is 0 Å². The zero-order valence-corrected chi connectivity index (χ0v) is 10.2. The zero-order valence-electron chi connectivity index (χ0n) is 9.36. The molecular formula is C10H18N4S. The van der Waals surface area contributed by atoms with E-state index in [2.05, 4.69) is 33.5 Å². The van der Waals surface area contributed by atoms with Crippen LogP contribution in [0, 0.1) is 4.77 Å². The molecule has 5 heteroatoms. The van der Waals surface area contributed by atoms with Gasteiger partial charge in [0.25, 0.3) is 0 Å². The highest BCUT2D eigenvalue weighted by Gasteiger charge is 2.26. The molecule has 2 heterocycles. The van der Waals surface area contributed by atoms with Gasteiger partial charge in [-0.15, -0.1) is 5.10 Å². The van der Waals surface area contributed by atoms with E-state index < -0.39 is 0 Å². The van der Waals surface area contributed by atoms with Gasteiger partial charge < -0.3 is 4.90 Å². The fourth-order valence-corrected chi connectivity index (χ4v) is 2.59. The molecule has 0 bridgehead atoms. The zero-order chi connectivity index (χ0) is 10.8. The van der Waals surface area contributed by atoms with Crippen molar-refractivity contribution >= 4 is 18.2 Å². The number of rotatable bonds is 3. The second kappa shape index (κ2) is 4.35. The van der Waals surface area contributed by atoms with Gasteiger partial charge in [-0.1, -0.05) is 6.92 Å². The van der Waals surface area contributed by atoms with E-state index in [-0.39, 0.29) is 0 Å². The van der Waals surface area contributed by atoms with E-state index in [4.69, 9.17) is 12.2 Å². The fourth-order valence-electron chi connectivity index (χ4n) is 2.34. The van der Waals surface area contributed by atoms with Gasteiger partial charge in [-0.05, 0) is 38.4 Å². The number of aromatic nitrogens is 3. The Morgan fingerprint density at radius 3 is 3.00 bits per heavy atom. The van der Waals surface area contributed by atoms with E-state index in [0.717, 1.165) is 23.8 Å².